The lowest BCUT2D eigenvalue weighted by molar-refractivity contribution is 0.0529. The van der Waals surface area contributed by atoms with Crippen molar-refractivity contribution >= 4 is 109 Å². The molecule has 2 amide bonds. The highest BCUT2D eigenvalue weighted by Crippen LogP contribution is 2.54. The van der Waals surface area contributed by atoms with Crippen LogP contribution >= 0.6 is 56.7 Å². The molecule has 7 heterocycles. The third-order valence-corrected chi connectivity index (χ3v) is 24.7. The second-order valence-corrected chi connectivity index (χ2v) is 29.8. The molecule has 0 aliphatic carbocycles. The second kappa shape index (κ2) is 28.9. The van der Waals surface area contributed by atoms with Crippen LogP contribution in [0.3, 0.4) is 0 Å². The Kier molecular flexibility index (Phi) is 22.6. The number of benzene rings is 1. The second-order valence-electron chi connectivity index (χ2n) is 24.2. The molecule has 436 valence electrons. The maximum absolute atomic E-state index is 16.1. The number of imide groups is 1. The predicted octanol–water partition coefficient (Wildman–Crippen LogP) is 22.0. The van der Waals surface area contributed by atoms with E-state index in [2.05, 4.69) is 88.3 Å². The normalized spacial score (nSPS) is 15.3. The van der Waals surface area contributed by atoms with Crippen molar-refractivity contribution in [3.05, 3.63) is 77.0 Å². The van der Waals surface area contributed by atoms with Crippen LogP contribution in [0.25, 0.3) is 59.9 Å². The number of carbonyl (C=O) groups excluding carboxylic acids is 2. The third-order valence-electron chi connectivity index (χ3n) is 18.5. The maximum Gasteiger partial charge on any atom is 0.263 e. The standard InChI is InChI=1S/C69H96N2O4S5/c1-13-23-28-44(18-6)32-33-70-66(72)54-35-43(12)77-62(54)63-55(67(70)73)41-57(79-63)65-59-58(68(74)71(69(59)75)49(36-45(19-7)27-17-5)37-46(20-8)29-24-14-2)64(80-65)56-40-53-52(39-48(22-10)31-26-16-4)60-50(34-42(11)76-60)51(61(53)78-56)38-47(21-9)30-25-15-3/h34-35,40-41,44-49H,13-33,36-39H2,1-12H3. The lowest BCUT2D eigenvalue weighted by Crippen LogP contribution is -2.42. The zero-order chi connectivity index (χ0) is 57.4. The number of unbranched alkanes of at least 4 members (excludes halogenated alkanes) is 4. The minimum absolute atomic E-state index is 0.148. The summed E-state index contributed by atoms with van der Waals surface area (Å²) in [6, 6.07) is 8.64. The Morgan fingerprint density at radius 3 is 1.31 bits per heavy atom. The number of aromatic nitrogens is 1. The molecular weight excluding hydrogens is 1080 g/mol. The molecule has 0 saturated carbocycles. The van der Waals surface area contributed by atoms with Gasteiger partial charge in [-0.25, -0.2) is 0 Å². The summed E-state index contributed by atoms with van der Waals surface area (Å²) in [5.74, 6) is 2.07. The summed E-state index contributed by atoms with van der Waals surface area (Å²) in [6.45, 7) is 27.5. The van der Waals surface area contributed by atoms with E-state index in [1.807, 2.05) is 41.7 Å². The molecular formula is C69H96N2O4S5. The van der Waals surface area contributed by atoms with Gasteiger partial charge in [0, 0.05) is 41.5 Å². The Labute approximate surface area is 500 Å². The highest BCUT2D eigenvalue weighted by atomic mass is 32.1. The molecule has 0 N–H and O–H groups in total. The Balaban J connectivity index is 1.40. The number of carbonyl (C=O) groups is 2. The topological polar surface area (TPSA) is 76.5 Å². The predicted molar refractivity (Wildman–Crippen MR) is 354 cm³/mol. The van der Waals surface area contributed by atoms with E-state index in [-0.39, 0.29) is 29.0 Å². The van der Waals surface area contributed by atoms with Gasteiger partial charge in [0.05, 0.1) is 41.1 Å². The number of amides is 2. The number of rotatable bonds is 33. The van der Waals surface area contributed by atoms with Gasteiger partial charge >= 0.3 is 0 Å². The van der Waals surface area contributed by atoms with E-state index >= 15 is 14.4 Å². The highest BCUT2D eigenvalue weighted by Gasteiger charge is 2.46. The van der Waals surface area contributed by atoms with Crippen LogP contribution in [0.2, 0.25) is 0 Å². The molecule has 8 rings (SSSR count). The van der Waals surface area contributed by atoms with E-state index in [0.717, 1.165) is 149 Å². The van der Waals surface area contributed by atoms with Gasteiger partial charge in [-0.15, -0.1) is 56.7 Å². The van der Waals surface area contributed by atoms with Crippen LogP contribution in [-0.2, 0) is 19.4 Å². The third kappa shape index (κ3) is 13.2. The average molecular weight is 1180 g/mol. The Hall–Kier alpha value is -3.48. The Morgan fingerprint density at radius 2 is 0.812 bits per heavy atom. The summed E-state index contributed by atoms with van der Waals surface area (Å²) in [6.07, 6.45) is 25.8. The number of nitrogens with zero attached hydrogens (tertiary/aromatic N) is 2. The van der Waals surface area contributed by atoms with Gasteiger partial charge in [0.25, 0.3) is 22.9 Å². The largest absolute Gasteiger partial charge is 0.274 e. The van der Waals surface area contributed by atoms with Crippen molar-refractivity contribution in [2.45, 2.75) is 250 Å². The molecule has 0 spiro atoms. The summed E-state index contributed by atoms with van der Waals surface area (Å²) in [7, 11) is 0. The first-order valence-electron chi connectivity index (χ1n) is 31.9. The lowest BCUT2D eigenvalue weighted by Gasteiger charge is -2.32. The van der Waals surface area contributed by atoms with Crippen molar-refractivity contribution in [1.82, 2.24) is 9.47 Å². The molecule has 6 unspecified atom stereocenters. The maximum atomic E-state index is 16.1. The zero-order valence-electron chi connectivity index (χ0n) is 51.0. The van der Waals surface area contributed by atoms with Gasteiger partial charge < -0.3 is 0 Å². The highest BCUT2D eigenvalue weighted by molar-refractivity contribution is 7.32. The van der Waals surface area contributed by atoms with Crippen LogP contribution in [0, 0.1) is 43.4 Å². The van der Waals surface area contributed by atoms with E-state index in [0.29, 0.717) is 58.0 Å². The molecule has 80 heavy (non-hydrogen) atoms. The van der Waals surface area contributed by atoms with Crippen molar-refractivity contribution < 1.29 is 9.59 Å². The lowest BCUT2D eigenvalue weighted by atomic mass is 9.85. The van der Waals surface area contributed by atoms with E-state index < -0.39 is 0 Å². The van der Waals surface area contributed by atoms with Crippen molar-refractivity contribution in [2.75, 3.05) is 0 Å². The van der Waals surface area contributed by atoms with Crippen LogP contribution < -0.4 is 11.1 Å². The number of hydrogen-bond donors (Lipinski definition) is 0. The summed E-state index contributed by atoms with van der Waals surface area (Å²) in [5, 5.41) is 3.86. The number of thiophene rings is 5. The molecule has 6 aromatic heterocycles. The van der Waals surface area contributed by atoms with Gasteiger partial charge in [0.2, 0.25) is 0 Å². The van der Waals surface area contributed by atoms with E-state index in [9.17, 15) is 4.79 Å². The molecule has 6 atom stereocenters. The quantitative estimate of drug-likeness (QED) is 0.0384. The van der Waals surface area contributed by atoms with E-state index in [1.54, 1.807) is 27.6 Å². The molecule has 0 saturated heterocycles. The number of fused-ring (bicyclic) bond motifs is 6. The smallest absolute Gasteiger partial charge is 0.263 e. The van der Waals surface area contributed by atoms with Crippen molar-refractivity contribution in [1.29, 1.82) is 0 Å². The first kappa shape index (κ1) is 62.6. The minimum Gasteiger partial charge on any atom is -0.274 e. The average Bonchev–Trinajstić information content (AvgIpc) is 4.52. The SMILES string of the molecule is CCCCC(CC)CCn1c(=O)c2cc(C)sc2c2sc(-c3sc(-c4cc5c(CC(CC)CCCC)c6sc(C)cc6c(CC(CC)CCCC)c5s4)c4c3C(=O)N(C(CC(CC)CCC)CC(CC)CCCC)C4=O)cc2c1=O. The van der Waals surface area contributed by atoms with E-state index in [1.165, 1.54) is 90.6 Å². The van der Waals surface area contributed by atoms with Crippen molar-refractivity contribution in [3.8, 4) is 19.5 Å². The monoisotopic (exact) mass is 1180 g/mol. The van der Waals surface area contributed by atoms with Gasteiger partial charge in [-0.05, 0) is 122 Å². The molecule has 1 aromatic carbocycles. The van der Waals surface area contributed by atoms with Crippen LogP contribution in [0.5, 0.6) is 0 Å². The molecule has 7 aromatic rings. The summed E-state index contributed by atoms with van der Waals surface area (Å²) in [5.41, 5.74) is 3.50. The molecule has 6 nitrogen and oxygen atoms in total. The fourth-order valence-corrected chi connectivity index (χ4v) is 19.6. The molecule has 11 heteroatoms. The van der Waals surface area contributed by atoms with Crippen molar-refractivity contribution in [2.24, 2.45) is 29.6 Å². The Bertz CT molecular complexity index is 3290. The molecule has 0 bridgehead atoms. The molecule has 1 aliphatic rings. The van der Waals surface area contributed by atoms with Gasteiger partial charge in [0.15, 0.2) is 0 Å². The molecule has 0 radical (unpaired) electrons. The Morgan fingerprint density at radius 1 is 0.412 bits per heavy atom. The summed E-state index contributed by atoms with van der Waals surface area (Å²) < 4.78 is 5.93. The van der Waals surface area contributed by atoms with Gasteiger partial charge in [0.1, 0.15) is 0 Å². The fourth-order valence-electron chi connectivity index (χ4n) is 13.4. The van der Waals surface area contributed by atoms with Crippen LogP contribution in [-0.4, -0.2) is 27.3 Å². The van der Waals surface area contributed by atoms with Crippen molar-refractivity contribution in [3.63, 3.8) is 0 Å². The summed E-state index contributed by atoms with van der Waals surface area (Å²) in [4.78, 5) is 69.5. The van der Waals surface area contributed by atoms with Crippen LogP contribution in [0.1, 0.15) is 252 Å². The van der Waals surface area contributed by atoms with Gasteiger partial charge in [-0.3, -0.25) is 28.6 Å². The summed E-state index contributed by atoms with van der Waals surface area (Å²) >= 11 is 8.50. The van der Waals surface area contributed by atoms with Crippen LogP contribution in [0.15, 0.2) is 33.9 Å². The van der Waals surface area contributed by atoms with Gasteiger partial charge in [-0.1, -0.05) is 191 Å². The first-order valence-corrected chi connectivity index (χ1v) is 35.9. The number of hydrogen-bond acceptors (Lipinski definition) is 9. The fraction of sp³-hybridized carbons (Fsp3) is 0.623. The van der Waals surface area contributed by atoms with Gasteiger partial charge in [-0.2, -0.15) is 0 Å². The molecule has 1 aliphatic heterocycles. The zero-order valence-corrected chi connectivity index (χ0v) is 55.1. The van der Waals surface area contributed by atoms with E-state index in [4.69, 9.17) is 0 Å². The molecule has 0 fully saturated rings. The minimum atomic E-state index is -0.260. The van der Waals surface area contributed by atoms with Crippen LogP contribution in [0.4, 0.5) is 0 Å². The first-order chi connectivity index (χ1) is 38.7. The number of aryl methyl sites for hydroxylation is 2.